The fourth-order valence-corrected chi connectivity index (χ4v) is 2.29. The van der Waals surface area contributed by atoms with Crippen molar-refractivity contribution in [3.63, 3.8) is 0 Å². The van der Waals surface area contributed by atoms with E-state index in [-0.39, 0.29) is 6.10 Å². The van der Waals surface area contributed by atoms with E-state index >= 15 is 0 Å². The van der Waals surface area contributed by atoms with Crippen LogP contribution in [-0.4, -0.2) is 61.5 Å². The molecule has 0 saturated carbocycles. The first kappa shape index (κ1) is 15.9. The summed E-state index contributed by atoms with van der Waals surface area (Å²) in [6.45, 7) is 9.39. The van der Waals surface area contributed by atoms with Crippen molar-refractivity contribution >= 4 is 0 Å². The molecule has 0 radical (unpaired) electrons. The molecule has 4 heteroatoms. The number of hydrogen-bond acceptors (Lipinski definition) is 4. The van der Waals surface area contributed by atoms with Crippen molar-refractivity contribution in [2.75, 3.05) is 39.4 Å². The topological polar surface area (TPSA) is 44.7 Å². The molecule has 0 aromatic rings. The van der Waals surface area contributed by atoms with E-state index in [1.807, 2.05) is 0 Å². The monoisotopic (exact) mass is 258 g/mol. The quantitative estimate of drug-likeness (QED) is 0.611. The minimum Gasteiger partial charge on any atom is -0.390 e. The standard InChI is InChI=1S/C14H30N2O2/c1-3-4-5-6-13(2)15-11-14(17)12-16-7-9-18-10-8-16/h13-15,17H,3-12H2,1-2H3. The second-order valence-corrected chi connectivity index (χ2v) is 5.37. The molecule has 0 bridgehead atoms. The van der Waals surface area contributed by atoms with Gasteiger partial charge in [-0.3, -0.25) is 4.90 Å². The highest BCUT2D eigenvalue weighted by molar-refractivity contribution is 4.71. The van der Waals surface area contributed by atoms with Crippen LogP contribution in [0, 0.1) is 0 Å². The summed E-state index contributed by atoms with van der Waals surface area (Å²) in [5, 5.41) is 13.4. The lowest BCUT2D eigenvalue weighted by Crippen LogP contribution is -2.44. The summed E-state index contributed by atoms with van der Waals surface area (Å²) in [5.74, 6) is 0. The molecule has 18 heavy (non-hydrogen) atoms. The Morgan fingerprint density at radius 2 is 2.00 bits per heavy atom. The highest BCUT2D eigenvalue weighted by Crippen LogP contribution is 2.03. The molecule has 1 fully saturated rings. The van der Waals surface area contributed by atoms with Gasteiger partial charge in [-0.05, 0) is 13.3 Å². The molecular formula is C14H30N2O2. The highest BCUT2D eigenvalue weighted by Gasteiger charge is 2.15. The summed E-state index contributed by atoms with van der Waals surface area (Å²) in [6.07, 6.45) is 4.80. The van der Waals surface area contributed by atoms with Crippen LogP contribution in [0.3, 0.4) is 0 Å². The van der Waals surface area contributed by atoms with Crippen molar-refractivity contribution in [3.05, 3.63) is 0 Å². The average molecular weight is 258 g/mol. The van der Waals surface area contributed by atoms with E-state index in [0.29, 0.717) is 12.6 Å². The zero-order valence-corrected chi connectivity index (χ0v) is 12.0. The summed E-state index contributed by atoms with van der Waals surface area (Å²) in [7, 11) is 0. The molecule has 0 amide bonds. The summed E-state index contributed by atoms with van der Waals surface area (Å²) < 4.78 is 5.30. The molecule has 2 unspecified atom stereocenters. The van der Waals surface area contributed by atoms with Crippen molar-refractivity contribution in [1.29, 1.82) is 0 Å². The summed E-state index contributed by atoms with van der Waals surface area (Å²) in [4.78, 5) is 2.28. The van der Waals surface area contributed by atoms with Gasteiger partial charge < -0.3 is 15.2 Å². The zero-order chi connectivity index (χ0) is 13.2. The van der Waals surface area contributed by atoms with Crippen LogP contribution in [0.2, 0.25) is 0 Å². The number of aliphatic hydroxyl groups is 1. The predicted octanol–water partition coefficient (Wildman–Crippen LogP) is 1.24. The van der Waals surface area contributed by atoms with Crippen LogP contribution in [0.1, 0.15) is 39.5 Å². The van der Waals surface area contributed by atoms with Gasteiger partial charge in [0.05, 0.1) is 19.3 Å². The third-order valence-electron chi connectivity index (χ3n) is 3.52. The number of hydrogen-bond donors (Lipinski definition) is 2. The molecule has 0 aromatic heterocycles. The van der Waals surface area contributed by atoms with Crippen molar-refractivity contribution in [3.8, 4) is 0 Å². The number of rotatable bonds is 9. The van der Waals surface area contributed by atoms with E-state index in [2.05, 4.69) is 24.1 Å². The number of nitrogens with zero attached hydrogens (tertiary/aromatic N) is 1. The fraction of sp³-hybridized carbons (Fsp3) is 1.00. The number of morpholine rings is 1. The second kappa shape index (κ2) is 9.73. The minimum absolute atomic E-state index is 0.267. The fourth-order valence-electron chi connectivity index (χ4n) is 2.29. The maximum atomic E-state index is 9.98. The Bertz CT molecular complexity index is 196. The lowest BCUT2D eigenvalue weighted by molar-refractivity contribution is 0.0145. The van der Waals surface area contributed by atoms with Crippen molar-refractivity contribution in [2.45, 2.75) is 51.7 Å². The highest BCUT2D eigenvalue weighted by atomic mass is 16.5. The molecule has 2 atom stereocenters. The average Bonchev–Trinajstić information content (AvgIpc) is 2.38. The Morgan fingerprint density at radius 3 is 2.67 bits per heavy atom. The predicted molar refractivity (Wildman–Crippen MR) is 74.9 cm³/mol. The van der Waals surface area contributed by atoms with Crippen LogP contribution in [0.4, 0.5) is 0 Å². The number of β-amino-alcohol motifs (C(OH)–C–C–N with tert-alkyl or cyclic N) is 1. The van der Waals surface area contributed by atoms with Gasteiger partial charge in [0.15, 0.2) is 0 Å². The van der Waals surface area contributed by atoms with Crippen LogP contribution in [0.25, 0.3) is 0 Å². The van der Waals surface area contributed by atoms with E-state index in [9.17, 15) is 5.11 Å². The van der Waals surface area contributed by atoms with E-state index in [4.69, 9.17) is 4.74 Å². The number of aliphatic hydroxyl groups excluding tert-OH is 1. The third kappa shape index (κ3) is 7.31. The molecule has 108 valence electrons. The van der Waals surface area contributed by atoms with Crippen LogP contribution < -0.4 is 5.32 Å². The molecule has 4 nitrogen and oxygen atoms in total. The molecular weight excluding hydrogens is 228 g/mol. The Morgan fingerprint density at radius 1 is 1.28 bits per heavy atom. The zero-order valence-electron chi connectivity index (χ0n) is 12.0. The number of unbranched alkanes of at least 4 members (excludes halogenated alkanes) is 2. The van der Waals surface area contributed by atoms with Gasteiger partial charge >= 0.3 is 0 Å². The van der Waals surface area contributed by atoms with Crippen LogP contribution >= 0.6 is 0 Å². The van der Waals surface area contributed by atoms with E-state index in [1.165, 1.54) is 25.7 Å². The maximum Gasteiger partial charge on any atom is 0.0791 e. The Balaban J connectivity index is 2.02. The van der Waals surface area contributed by atoms with Crippen molar-refractivity contribution in [2.24, 2.45) is 0 Å². The molecule has 2 N–H and O–H groups in total. The minimum atomic E-state index is -0.267. The molecule has 1 aliphatic heterocycles. The maximum absolute atomic E-state index is 9.98. The lowest BCUT2D eigenvalue weighted by Gasteiger charge is -2.29. The largest absolute Gasteiger partial charge is 0.390 e. The normalized spacial score (nSPS) is 20.8. The van der Waals surface area contributed by atoms with Gasteiger partial charge in [0.25, 0.3) is 0 Å². The number of nitrogens with one attached hydrogen (secondary N) is 1. The molecule has 1 aliphatic rings. The van der Waals surface area contributed by atoms with Crippen molar-refractivity contribution in [1.82, 2.24) is 10.2 Å². The van der Waals surface area contributed by atoms with Gasteiger partial charge in [-0.2, -0.15) is 0 Å². The first-order valence-corrected chi connectivity index (χ1v) is 7.44. The Hall–Kier alpha value is -0.160. The van der Waals surface area contributed by atoms with E-state index < -0.39 is 0 Å². The lowest BCUT2D eigenvalue weighted by atomic mass is 10.1. The molecule has 1 rings (SSSR count). The number of ether oxygens (including phenoxy) is 1. The Labute approximate surface area is 112 Å². The molecule has 0 aromatic carbocycles. The van der Waals surface area contributed by atoms with Gasteiger partial charge in [-0.25, -0.2) is 0 Å². The van der Waals surface area contributed by atoms with Crippen LogP contribution in [0.15, 0.2) is 0 Å². The second-order valence-electron chi connectivity index (χ2n) is 5.37. The molecule has 1 heterocycles. The summed E-state index contributed by atoms with van der Waals surface area (Å²) in [5.41, 5.74) is 0. The third-order valence-corrected chi connectivity index (χ3v) is 3.52. The molecule has 1 saturated heterocycles. The first-order valence-electron chi connectivity index (χ1n) is 7.44. The van der Waals surface area contributed by atoms with Gasteiger partial charge in [0.2, 0.25) is 0 Å². The van der Waals surface area contributed by atoms with Gasteiger partial charge in [-0.15, -0.1) is 0 Å². The SMILES string of the molecule is CCCCCC(C)NCC(O)CN1CCOCC1. The van der Waals surface area contributed by atoms with Gasteiger partial charge in [-0.1, -0.05) is 26.2 Å². The summed E-state index contributed by atoms with van der Waals surface area (Å²) >= 11 is 0. The van der Waals surface area contributed by atoms with Crippen molar-refractivity contribution < 1.29 is 9.84 Å². The van der Waals surface area contributed by atoms with E-state index in [1.54, 1.807) is 0 Å². The Kier molecular flexibility index (Phi) is 8.59. The summed E-state index contributed by atoms with van der Waals surface area (Å²) in [6, 6.07) is 0.510. The van der Waals surface area contributed by atoms with Crippen LogP contribution in [0.5, 0.6) is 0 Å². The molecule has 0 spiro atoms. The first-order chi connectivity index (χ1) is 8.72. The van der Waals surface area contributed by atoms with Gasteiger partial charge in [0.1, 0.15) is 0 Å². The molecule has 0 aliphatic carbocycles. The smallest absolute Gasteiger partial charge is 0.0791 e. The van der Waals surface area contributed by atoms with Gasteiger partial charge in [0, 0.05) is 32.2 Å². The van der Waals surface area contributed by atoms with E-state index in [0.717, 1.165) is 32.8 Å². The van der Waals surface area contributed by atoms with Crippen LogP contribution in [-0.2, 0) is 4.74 Å².